The molecule has 0 aliphatic heterocycles. The molecule has 0 aromatic rings. The van der Waals surface area contributed by atoms with Crippen molar-refractivity contribution < 1.29 is 4.74 Å². The molecule has 1 nitrogen and oxygen atoms in total. The van der Waals surface area contributed by atoms with E-state index in [1.165, 1.54) is 37.4 Å². The first kappa shape index (κ1) is 12.3. The van der Waals surface area contributed by atoms with Crippen LogP contribution in [0.15, 0.2) is 10.5 Å². The summed E-state index contributed by atoms with van der Waals surface area (Å²) in [6.45, 7) is 3.11. The average molecular weight is 261 g/mol. The van der Waals surface area contributed by atoms with E-state index in [-0.39, 0.29) is 0 Å². The molecule has 1 saturated carbocycles. The summed E-state index contributed by atoms with van der Waals surface area (Å²) in [5.41, 5.74) is 0. The van der Waals surface area contributed by atoms with Crippen LogP contribution in [0, 0.1) is 5.92 Å². The van der Waals surface area contributed by atoms with Gasteiger partial charge in [-0.05, 0) is 0 Å². The molecule has 0 bridgehead atoms. The third kappa shape index (κ3) is 4.16. The van der Waals surface area contributed by atoms with Crippen molar-refractivity contribution in [1.82, 2.24) is 0 Å². The van der Waals surface area contributed by atoms with Crippen LogP contribution in [-0.4, -0.2) is 28.7 Å². The Morgan fingerprint density at radius 1 is 1.36 bits per heavy atom. The summed E-state index contributed by atoms with van der Waals surface area (Å²) >= 11 is 0.723. The van der Waals surface area contributed by atoms with E-state index in [0.717, 1.165) is 27.5 Å². The van der Waals surface area contributed by atoms with Crippen LogP contribution >= 0.6 is 0 Å². The molecule has 0 atom stereocenters. The summed E-state index contributed by atoms with van der Waals surface area (Å²) in [6, 6.07) is 0. The molecule has 0 aromatic carbocycles. The molecular weight excluding hydrogens is 239 g/mol. The van der Waals surface area contributed by atoms with Crippen molar-refractivity contribution in [2.24, 2.45) is 5.92 Å². The van der Waals surface area contributed by atoms with Gasteiger partial charge in [0, 0.05) is 0 Å². The number of allylic oxidation sites excluding steroid dienone is 1. The Morgan fingerprint density at radius 2 is 2.07 bits per heavy atom. The summed E-state index contributed by atoms with van der Waals surface area (Å²) < 4.78 is 6.87. The monoisotopic (exact) mass is 262 g/mol. The molecule has 0 saturated heterocycles. The zero-order chi connectivity index (χ0) is 10.2. The Bertz CT molecular complexity index is 171. The van der Waals surface area contributed by atoms with Crippen LogP contribution in [0.25, 0.3) is 0 Å². The molecule has 0 aromatic heterocycles. The van der Waals surface area contributed by atoms with Gasteiger partial charge in [-0.1, -0.05) is 0 Å². The first-order valence-electron chi connectivity index (χ1n) is 5.70. The normalized spacial score (nSPS) is 20.0. The van der Waals surface area contributed by atoms with Crippen LogP contribution in [0.4, 0.5) is 0 Å². The second-order valence-electron chi connectivity index (χ2n) is 3.83. The van der Waals surface area contributed by atoms with Gasteiger partial charge < -0.3 is 0 Å². The van der Waals surface area contributed by atoms with Crippen LogP contribution in [0.5, 0.6) is 0 Å². The Kier molecular flexibility index (Phi) is 6.59. The molecule has 1 rings (SSSR count). The van der Waals surface area contributed by atoms with Gasteiger partial charge in [0.1, 0.15) is 0 Å². The van der Waals surface area contributed by atoms with Crippen molar-refractivity contribution in [2.45, 2.75) is 44.3 Å². The third-order valence-corrected chi connectivity index (χ3v) is 5.12. The predicted octanol–water partition coefficient (Wildman–Crippen LogP) is 3.24. The van der Waals surface area contributed by atoms with Crippen LogP contribution in [0.1, 0.15) is 39.0 Å². The van der Waals surface area contributed by atoms with Gasteiger partial charge in [0.05, 0.1) is 0 Å². The Labute approximate surface area is 94.5 Å². The van der Waals surface area contributed by atoms with Gasteiger partial charge in [-0.15, -0.1) is 0 Å². The zero-order valence-electron chi connectivity index (χ0n) is 9.42. The molecule has 82 valence electrons. The minimum absolute atomic E-state index is 0.723. The first-order valence-corrected chi connectivity index (χ1v) is 7.77. The molecule has 0 unspecified atom stereocenters. The van der Waals surface area contributed by atoms with Crippen LogP contribution in [0.2, 0.25) is 5.32 Å². The molecule has 0 radical (unpaired) electrons. The summed E-state index contributed by atoms with van der Waals surface area (Å²) in [5.74, 6) is 0.902. The third-order valence-electron chi connectivity index (χ3n) is 2.77. The second kappa shape index (κ2) is 7.50. The van der Waals surface area contributed by atoms with Gasteiger partial charge in [-0.2, -0.15) is 0 Å². The Morgan fingerprint density at radius 3 is 2.64 bits per heavy atom. The summed E-state index contributed by atoms with van der Waals surface area (Å²) in [4.78, 5) is 0. The second-order valence-corrected chi connectivity index (χ2v) is 6.64. The van der Waals surface area contributed by atoms with Gasteiger partial charge in [-0.3, -0.25) is 0 Å². The van der Waals surface area contributed by atoms with Gasteiger partial charge in [-0.25, -0.2) is 0 Å². The Balaban J connectivity index is 2.46. The Hall–Kier alpha value is 0.219. The fraction of sp³-hybridized carbons (Fsp3) is 0.833. The number of methoxy groups -OCH3 is 1. The molecule has 2 heteroatoms. The molecular formula is C12H22OSe. The summed E-state index contributed by atoms with van der Waals surface area (Å²) in [7, 11) is 1.79. The summed E-state index contributed by atoms with van der Waals surface area (Å²) in [5, 5.41) is 1.33. The maximum absolute atomic E-state index is 5.14. The minimum atomic E-state index is 0.723. The average Bonchev–Trinajstić information content (AvgIpc) is 2.25. The molecule has 14 heavy (non-hydrogen) atoms. The van der Waals surface area contributed by atoms with Gasteiger partial charge >= 0.3 is 94.2 Å². The van der Waals surface area contributed by atoms with Crippen molar-refractivity contribution in [1.29, 1.82) is 0 Å². The van der Waals surface area contributed by atoms with Crippen molar-refractivity contribution in [3.05, 3.63) is 10.5 Å². The van der Waals surface area contributed by atoms with Gasteiger partial charge in [0.25, 0.3) is 0 Å². The standard InChI is InChI=1S/C12H22OSe/c1-3-14-12(9-10-13-2)11-7-5-4-6-8-11/h9,11H,3-8,10H2,1-2H3/b12-9+. The van der Waals surface area contributed by atoms with E-state index in [1.807, 2.05) is 0 Å². The molecule has 0 heterocycles. The molecule has 0 N–H and O–H groups in total. The molecule has 1 aliphatic rings. The number of ether oxygens (including phenoxy) is 1. The zero-order valence-corrected chi connectivity index (χ0v) is 11.1. The maximum atomic E-state index is 5.14. The van der Waals surface area contributed by atoms with Crippen molar-refractivity contribution >= 4 is 15.0 Å². The number of hydrogen-bond donors (Lipinski definition) is 0. The SMILES string of the molecule is CC[Se]/C(=C/COC)C1CCCCC1. The van der Waals surface area contributed by atoms with E-state index in [1.54, 1.807) is 11.6 Å². The quantitative estimate of drug-likeness (QED) is 0.690. The van der Waals surface area contributed by atoms with Crippen LogP contribution in [-0.2, 0) is 4.74 Å². The number of hydrogen-bond acceptors (Lipinski definition) is 1. The van der Waals surface area contributed by atoms with Crippen LogP contribution in [0.3, 0.4) is 0 Å². The van der Waals surface area contributed by atoms with E-state index in [4.69, 9.17) is 4.74 Å². The fourth-order valence-electron chi connectivity index (χ4n) is 2.06. The van der Waals surface area contributed by atoms with E-state index in [0.29, 0.717) is 0 Å². The van der Waals surface area contributed by atoms with Crippen molar-refractivity contribution in [3.63, 3.8) is 0 Å². The van der Waals surface area contributed by atoms with Gasteiger partial charge in [0.2, 0.25) is 0 Å². The number of rotatable bonds is 5. The molecule has 0 amide bonds. The van der Waals surface area contributed by atoms with Crippen molar-refractivity contribution in [3.8, 4) is 0 Å². The topological polar surface area (TPSA) is 9.23 Å². The van der Waals surface area contributed by atoms with E-state index in [2.05, 4.69) is 13.0 Å². The van der Waals surface area contributed by atoms with Crippen LogP contribution < -0.4 is 0 Å². The van der Waals surface area contributed by atoms with E-state index < -0.39 is 0 Å². The predicted molar refractivity (Wildman–Crippen MR) is 62.8 cm³/mol. The van der Waals surface area contributed by atoms with E-state index >= 15 is 0 Å². The van der Waals surface area contributed by atoms with Gasteiger partial charge in [0.15, 0.2) is 0 Å². The first-order chi connectivity index (χ1) is 6.88. The van der Waals surface area contributed by atoms with E-state index in [9.17, 15) is 0 Å². The summed E-state index contributed by atoms with van der Waals surface area (Å²) in [6.07, 6.45) is 9.53. The molecule has 1 aliphatic carbocycles. The fourth-order valence-corrected chi connectivity index (χ4v) is 4.14. The van der Waals surface area contributed by atoms with Crippen molar-refractivity contribution in [2.75, 3.05) is 13.7 Å². The molecule has 0 spiro atoms. The molecule has 1 fully saturated rings.